The lowest BCUT2D eigenvalue weighted by atomic mass is 9.87. The Morgan fingerprint density at radius 3 is 2.44 bits per heavy atom. The number of Topliss-reactive ketones (excluding diaryl/α,β-unsaturated/α-hetero) is 1. The highest BCUT2D eigenvalue weighted by molar-refractivity contribution is 6.27. The fourth-order valence-corrected chi connectivity index (χ4v) is 4.27. The Hall–Kier alpha value is -3.65. The lowest BCUT2D eigenvalue weighted by molar-refractivity contribution is -0.147. The smallest absolute Gasteiger partial charge is 0.416 e. The van der Waals surface area contributed by atoms with E-state index in [0.29, 0.717) is 10.9 Å². The van der Waals surface area contributed by atoms with Crippen LogP contribution in [-0.2, 0) is 31.0 Å². The van der Waals surface area contributed by atoms with Gasteiger partial charge in [-0.05, 0) is 34.9 Å². The highest BCUT2D eigenvalue weighted by atomic mass is 19.4. The summed E-state index contributed by atoms with van der Waals surface area (Å²) in [4.78, 5) is 26.4. The summed E-state index contributed by atoms with van der Waals surface area (Å²) < 4.78 is 51.2. The van der Waals surface area contributed by atoms with Gasteiger partial charge in [-0.1, -0.05) is 61.5 Å². The molecule has 0 fully saturated rings. The van der Waals surface area contributed by atoms with E-state index in [1.807, 2.05) is 18.2 Å². The molecule has 0 spiro atoms. The Balaban J connectivity index is 1.95. The number of esters is 1. The van der Waals surface area contributed by atoms with E-state index in [1.54, 1.807) is 31.2 Å². The molecule has 1 aliphatic heterocycles. The van der Waals surface area contributed by atoms with Crippen molar-refractivity contribution >= 4 is 28.1 Å². The summed E-state index contributed by atoms with van der Waals surface area (Å²) in [6.07, 6.45) is -4.44. The molecule has 0 bridgehead atoms. The standard InChI is InChI=1S/C26H22F3NO4/c1-3-18(24(32)33-2)22-21(16-10-6-11-17(14-16)26(27,28)29)23(31)25(30,34-22)20-13-7-9-15-8-4-5-12-19(15)20/h4-14,18H,3,30H2,1-2H3. The van der Waals surface area contributed by atoms with Crippen molar-refractivity contribution in [3.05, 3.63) is 89.2 Å². The van der Waals surface area contributed by atoms with Crippen LogP contribution in [0.2, 0.25) is 0 Å². The van der Waals surface area contributed by atoms with Gasteiger partial charge >= 0.3 is 12.1 Å². The minimum atomic E-state index is -4.62. The van der Waals surface area contributed by atoms with Crippen molar-refractivity contribution < 1.29 is 32.2 Å². The Labute approximate surface area is 194 Å². The summed E-state index contributed by atoms with van der Waals surface area (Å²) in [6.45, 7) is 1.68. The molecule has 5 nitrogen and oxygen atoms in total. The first-order valence-corrected chi connectivity index (χ1v) is 10.6. The second kappa shape index (κ2) is 8.61. The molecule has 176 valence electrons. The number of hydrogen-bond donors (Lipinski definition) is 1. The number of carbonyl (C=O) groups excluding carboxylic acids is 2. The van der Waals surface area contributed by atoms with Gasteiger partial charge in [0.05, 0.1) is 18.2 Å². The zero-order chi connectivity index (χ0) is 24.7. The minimum Gasteiger partial charge on any atom is -0.468 e. The van der Waals surface area contributed by atoms with Crippen LogP contribution < -0.4 is 5.73 Å². The van der Waals surface area contributed by atoms with Crippen LogP contribution in [0.1, 0.15) is 30.0 Å². The van der Waals surface area contributed by atoms with Crippen LogP contribution in [0.4, 0.5) is 13.2 Å². The normalized spacial score (nSPS) is 19.3. The van der Waals surface area contributed by atoms with Crippen LogP contribution >= 0.6 is 0 Å². The van der Waals surface area contributed by atoms with Crippen LogP contribution in [0.5, 0.6) is 0 Å². The van der Waals surface area contributed by atoms with E-state index < -0.39 is 35.1 Å². The number of ether oxygens (including phenoxy) is 2. The minimum absolute atomic E-state index is 0.0373. The van der Waals surface area contributed by atoms with Gasteiger partial charge in [0.15, 0.2) is 0 Å². The van der Waals surface area contributed by atoms with Crippen LogP contribution in [0.3, 0.4) is 0 Å². The molecule has 0 saturated carbocycles. The maximum absolute atomic E-state index is 13.8. The Morgan fingerprint density at radius 2 is 1.76 bits per heavy atom. The van der Waals surface area contributed by atoms with Crippen molar-refractivity contribution in [3.8, 4) is 0 Å². The number of alkyl halides is 3. The molecule has 3 aromatic carbocycles. The third-order valence-electron chi connectivity index (χ3n) is 5.96. The van der Waals surface area contributed by atoms with Crippen molar-refractivity contribution in [1.82, 2.24) is 0 Å². The maximum atomic E-state index is 13.8. The quantitative estimate of drug-likeness (QED) is 0.521. The monoisotopic (exact) mass is 469 g/mol. The van der Waals surface area contributed by atoms with Crippen LogP contribution in [-0.4, -0.2) is 18.9 Å². The summed E-state index contributed by atoms with van der Waals surface area (Å²) in [5.41, 5.74) is 3.74. The van der Waals surface area contributed by atoms with Gasteiger partial charge in [-0.15, -0.1) is 0 Å². The highest BCUT2D eigenvalue weighted by Gasteiger charge is 2.51. The SMILES string of the molecule is CCC(C(=O)OC)C1=C(c2cccc(C(F)(F)F)c2)C(=O)C(N)(c2cccc3ccccc23)O1. The van der Waals surface area contributed by atoms with Crippen LogP contribution in [0.15, 0.2) is 72.5 Å². The first-order chi connectivity index (χ1) is 16.1. The number of carbonyl (C=O) groups is 2. The van der Waals surface area contributed by atoms with Crippen LogP contribution in [0.25, 0.3) is 16.3 Å². The third-order valence-corrected chi connectivity index (χ3v) is 5.96. The van der Waals surface area contributed by atoms with Crippen LogP contribution in [0, 0.1) is 5.92 Å². The van der Waals surface area contributed by atoms with E-state index >= 15 is 0 Å². The van der Waals surface area contributed by atoms with Crippen molar-refractivity contribution in [1.29, 1.82) is 0 Å². The molecule has 1 aliphatic rings. The fraction of sp³-hybridized carbons (Fsp3) is 0.231. The van der Waals surface area contributed by atoms with Gasteiger partial charge in [0.25, 0.3) is 0 Å². The molecule has 1 heterocycles. The molecule has 2 atom stereocenters. The van der Waals surface area contributed by atoms with E-state index in [1.165, 1.54) is 19.2 Å². The first kappa shape index (κ1) is 23.5. The molecular formula is C26H22F3NO4. The molecular weight excluding hydrogens is 447 g/mol. The lowest BCUT2D eigenvalue weighted by Gasteiger charge is -2.26. The van der Waals surface area contributed by atoms with Gasteiger partial charge in [0, 0.05) is 5.56 Å². The second-order valence-corrected chi connectivity index (χ2v) is 8.00. The lowest BCUT2D eigenvalue weighted by Crippen LogP contribution is -2.44. The molecule has 4 rings (SSSR count). The molecule has 2 N–H and O–H groups in total. The number of fused-ring (bicyclic) bond motifs is 1. The fourth-order valence-electron chi connectivity index (χ4n) is 4.27. The summed E-state index contributed by atoms with van der Waals surface area (Å²) in [7, 11) is 1.19. The van der Waals surface area contributed by atoms with Crippen molar-refractivity contribution in [3.63, 3.8) is 0 Å². The largest absolute Gasteiger partial charge is 0.468 e. The topological polar surface area (TPSA) is 78.6 Å². The predicted molar refractivity (Wildman–Crippen MR) is 120 cm³/mol. The van der Waals surface area contributed by atoms with E-state index in [2.05, 4.69) is 0 Å². The Kier molecular flexibility index (Phi) is 5.95. The van der Waals surface area contributed by atoms with Gasteiger partial charge in [-0.25, -0.2) is 0 Å². The molecule has 34 heavy (non-hydrogen) atoms. The predicted octanol–water partition coefficient (Wildman–Crippen LogP) is 5.18. The Bertz CT molecular complexity index is 1310. The van der Waals surface area contributed by atoms with E-state index in [0.717, 1.165) is 17.5 Å². The molecule has 0 radical (unpaired) electrons. The molecule has 3 aromatic rings. The molecule has 0 amide bonds. The van der Waals surface area contributed by atoms with E-state index in [4.69, 9.17) is 15.2 Å². The molecule has 2 unspecified atom stereocenters. The maximum Gasteiger partial charge on any atom is 0.416 e. The summed E-state index contributed by atoms with van der Waals surface area (Å²) in [5.74, 6) is -2.55. The first-order valence-electron chi connectivity index (χ1n) is 10.6. The van der Waals surface area contributed by atoms with Gasteiger partial charge in [0.1, 0.15) is 11.7 Å². The van der Waals surface area contributed by atoms with Gasteiger partial charge in [-0.2, -0.15) is 13.2 Å². The van der Waals surface area contributed by atoms with Crippen molar-refractivity contribution in [2.75, 3.05) is 7.11 Å². The zero-order valence-corrected chi connectivity index (χ0v) is 18.5. The average Bonchev–Trinajstić information content (AvgIpc) is 3.09. The summed E-state index contributed by atoms with van der Waals surface area (Å²) in [5, 5.41) is 1.45. The van der Waals surface area contributed by atoms with Gasteiger partial charge in [0.2, 0.25) is 11.5 Å². The molecule has 0 aliphatic carbocycles. The van der Waals surface area contributed by atoms with Crippen molar-refractivity contribution in [2.24, 2.45) is 11.7 Å². The zero-order valence-electron chi connectivity index (χ0n) is 18.5. The van der Waals surface area contributed by atoms with Gasteiger partial charge in [-0.3, -0.25) is 15.3 Å². The molecule has 0 aromatic heterocycles. The third kappa shape index (κ3) is 3.84. The average molecular weight is 469 g/mol. The van der Waals surface area contributed by atoms with Gasteiger partial charge < -0.3 is 9.47 Å². The summed E-state index contributed by atoms with van der Waals surface area (Å²) >= 11 is 0. The number of ketones is 1. The van der Waals surface area contributed by atoms with Crippen molar-refractivity contribution in [2.45, 2.75) is 25.2 Å². The van der Waals surface area contributed by atoms with E-state index in [-0.39, 0.29) is 23.3 Å². The number of methoxy groups -OCH3 is 1. The number of nitrogens with two attached hydrogens (primary N) is 1. The number of rotatable bonds is 5. The number of hydrogen-bond acceptors (Lipinski definition) is 5. The number of halogens is 3. The highest BCUT2D eigenvalue weighted by Crippen LogP contribution is 2.45. The summed E-state index contributed by atoms with van der Waals surface area (Å²) in [6, 6.07) is 16.7. The van der Waals surface area contributed by atoms with E-state index in [9.17, 15) is 22.8 Å². The molecule has 0 saturated heterocycles. The second-order valence-electron chi connectivity index (χ2n) is 8.00. The molecule has 8 heteroatoms. The number of benzene rings is 3. The Morgan fingerprint density at radius 1 is 1.09 bits per heavy atom.